The number of carbonyl (C=O) groups excluding carboxylic acids is 12. The number of H-pyrrole nitrogens is 3. The summed E-state index contributed by atoms with van der Waals surface area (Å²) in [7, 11) is 2.98. The first-order valence-corrected chi connectivity index (χ1v) is 36.6. The third-order valence-electron chi connectivity index (χ3n) is 18.1. The van der Waals surface area contributed by atoms with Gasteiger partial charge in [0, 0.05) is 97.4 Å². The number of amides is 8. The average Bonchev–Trinajstić information content (AvgIpc) is 0.838. The summed E-state index contributed by atoms with van der Waals surface area (Å²) in [6.45, 7) is 1.54. The molecule has 0 fully saturated rings. The van der Waals surface area contributed by atoms with Gasteiger partial charge in [0.25, 0.3) is 5.56 Å². The lowest BCUT2D eigenvalue weighted by atomic mass is 9.92. The van der Waals surface area contributed by atoms with Gasteiger partial charge in [0.1, 0.15) is 42.3 Å². The minimum Gasteiger partial charge on any atom is -0.481 e. The van der Waals surface area contributed by atoms with Crippen LogP contribution in [0.2, 0.25) is 0 Å². The summed E-state index contributed by atoms with van der Waals surface area (Å²) in [4.78, 5) is 222. The summed E-state index contributed by atoms with van der Waals surface area (Å²) in [5.74, 6) is -13.3. The Hall–Kier alpha value is -12.9. The number of terminal acetylenes is 1. The topological polar surface area (TPSA) is 616 Å². The second kappa shape index (κ2) is 46.7. The van der Waals surface area contributed by atoms with Crippen LogP contribution in [0.3, 0.4) is 0 Å². The largest absolute Gasteiger partial charge is 0.481 e. The molecule has 0 radical (unpaired) electrons. The summed E-state index contributed by atoms with van der Waals surface area (Å²) >= 11 is 0. The maximum atomic E-state index is 14.4. The maximum Gasteiger partial charge on any atom is 0.328 e. The van der Waals surface area contributed by atoms with Gasteiger partial charge in [-0.25, -0.2) is 24.7 Å². The Kier molecular flexibility index (Phi) is 36.9. The van der Waals surface area contributed by atoms with Gasteiger partial charge in [-0.1, -0.05) is 41.9 Å². The van der Waals surface area contributed by atoms with Crippen molar-refractivity contribution in [3.8, 4) is 12.3 Å². The highest BCUT2D eigenvalue weighted by molar-refractivity contribution is 6.00. The van der Waals surface area contributed by atoms with Crippen LogP contribution in [0.5, 0.6) is 0 Å². The van der Waals surface area contributed by atoms with Crippen LogP contribution in [0.1, 0.15) is 124 Å². The van der Waals surface area contributed by atoms with E-state index < -0.39 is 187 Å². The number of unbranched alkanes of at least 4 members (excludes halogenated alkanes) is 2. The molecular formula is C74H96N22O18. The smallest absolute Gasteiger partial charge is 0.328 e. The number of methoxy groups -OCH3 is 1. The number of rotatable bonds is 51. The molecule has 0 spiro atoms. The number of aromatic nitrogens is 8. The number of azide groups is 1. The number of hydrogen-bond donors (Lipinski definition) is 17. The van der Waals surface area contributed by atoms with Gasteiger partial charge in [0.05, 0.1) is 69.3 Å². The fourth-order valence-corrected chi connectivity index (χ4v) is 11.8. The number of nitrogens with zero attached hydrogens (tertiary/aromatic N) is 8. The van der Waals surface area contributed by atoms with Gasteiger partial charge in [0.2, 0.25) is 53.2 Å². The number of nitrogens with two attached hydrogens (primary N) is 1. The summed E-state index contributed by atoms with van der Waals surface area (Å²) in [5.41, 5.74) is 16.2. The Morgan fingerprint density at radius 2 is 1.32 bits per heavy atom. The number of imidazole rings is 2. The standard InChI is InChI=1S/C74H96N22O18/c1-6-14-53(88-60(102)24-21-45(72(111)112)30-58(100)44-19-22-48(23-20-44)80-35-51-36-81-63-62(87-51)71(110)95-74(75)94-63)68(107)91-56(32-50-34-79-40-84-50)69(108)92-57(38-97)59(101)31-47(28-49-33-78-39-83-49)66(105)93-61(42(3)98)70(109)86-41(2)64(103)89-54(17-11-13-26-85-96-76)67(106)82-37-52(99)29-46(27-43-15-8-7-9-16-43)65(104)90-55(73(113)114-5)18-10-12-25-77-4/h1,7-9,15-16,19-20,22-23,33-34,36,39-42,45-47,53-57,61,77,80,97-98H,10-14,17-18,21,24-32,35,37-38H2,2-5H3,(H,78,83)(H,79,84)(H,82,106)(H,86,109)(H,88,102)(H,89,103)(H,90,104)(H,91,107)(H,92,108)(H,93,105)(H,111,112)(H3,75,81,94,95,110)/t41-,42+,45-,46-,47+,53+,54+,55+,56-,57-,61-/m1/s1. The van der Waals surface area contributed by atoms with Crippen molar-refractivity contribution in [1.82, 2.24) is 87.7 Å². The van der Waals surface area contributed by atoms with Gasteiger partial charge in [-0.05, 0) is 108 Å². The second-order valence-corrected chi connectivity index (χ2v) is 26.9. The van der Waals surface area contributed by atoms with E-state index in [2.05, 4.69) is 109 Å². The highest BCUT2D eigenvalue weighted by atomic mass is 16.5. The summed E-state index contributed by atoms with van der Waals surface area (Å²) in [5, 5.41) is 61.3. The average molecular weight is 1580 g/mol. The number of benzene rings is 2. The first kappa shape index (κ1) is 90.0. The predicted molar refractivity (Wildman–Crippen MR) is 408 cm³/mol. The van der Waals surface area contributed by atoms with E-state index in [4.69, 9.17) is 22.4 Å². The SMILES string of the molecule is C#CC[C@H](NC(=O)CC[C@H](CC(=O)c1ccc(NCc2cnc3nc(N)[nH]c(=O)c3n2)cc1)C(=O)O)C(=O)N[C@H](Cc1cnc[nH]1)C(=O)N[C@H](CO)C(=O)C[C@H](Cc1cnc[nH]1)C(=O)N[C@@H](C(=O)N[C@H](C)C(=O)N[C@@H](CCCCN=[N+]=[N-])C(=O)NCC(=O)C[C@@H](Cc1ccccc1)C(=O)N[C@@H](CCCCNC)C(=O)OC)[C@H](C)O. The van der Waals surface area contributed by atoms with Crippen LogP contribution in [0.4, 0.5) is 11.6 Å². The second-order valence-electron chi connectivity index (χ2n) is 26.9. The zero-order valence-electron chi connectivity index (χ0n) is 63.3. The summed E-state index contributed by atoms with van der Waals surface area (Å²) in [6.07, 6.45) is 8.98. The molecule has 610 valence electrons. The van der Waals surface area contributed by atoms with E-state index in [1.165, 1.54) is 57.4 Å². The van der Waals surface area contributed by atoms with E-state index >= 15 is 0 Å². The monoisotopic (exact) mass is 1580 g/mol. The van der Waals surface area contributed by atoms with Crippen LogP contribution < -0.4 is 64.5 Å². The fourth-order valence-electron chi connectivity index (χ4n) is 11.8. The molecule has 2 aromatic carbocycles. The van der Waals surface area contributed by atoms with Gasteiger partial charge >= 0.3 is 11.9 Å². The van der Waals surface area contributed by atoms with E-state index in [0.717, 1.165) is 6.92 Å². The minimum absolute atomic E-state index is 0.0202. The van der Waals surface area contributed by atoms with Crippen molar-refractivity contribution in [2.24, 2.45) is 22.9 Å². The molecule has 18 N–H and O–H groups in total. The number of ether oxygens (including phenoxy) is 1. The number of carboxylic acid groups (broad SMARTS) is 1. The van der Waals surface area contributed by atoms with E-state index in [1.807, 2.05) is 0 Å². The number of nitrogens with one attached hydrogen (secondary N) is 13. The van der Waals surface area contributed by atoms with Crippen molar-refractivity contribution in [3.63, 3.8) is 0 Å². The number of ketones is 3. The molecule has 0 aliphatic carbocycles. The van der Waals surface area contributed by atoms with E-state index in [1.54, 1.807) is 49.5 Å². The molecule has 0 aliphatic heterocycles. The number of nitrogen functional groups attached to an aromatic ring is 1. The lowest BCUT2D eigenvalue weighted by Gasteiger charge is -2.27. The molecule has 4 aromatic heterocycles. The molecule has 0 bridgehead atoms. The van der Waals surface area contributed by atoms with E-state index in [9.17, 15) is 82.4 Å². The first-order chi connectivity index (χ1) is 54.6. The predicted octanol–water partition coefficient (Wildman–Crippen LogP) is -0.744. The summed E-state index contributed by atoms with van der Waals surface area (Å²) in [6, 6.07) is 4.27. The van der Waals surface area contributed by atoms with Crippen LogP contribution in [-0.4, -0.2) is 221 Å². The Bertz CT molecular complexity index is 4420. The van der Waals surface area contributed by atoms with E-state index in [-0.39, 0.29) is 99.2 Å². The number of carboxylic acids is 1. The van der Waals surface area contributed by atoms with Crippen molar-refractivity contribution in [2.45, 2.75) is 165 Å². The zero-order valence-corrected chi connectivity index (χ0v) is 63.3. The maximum absolute atomic E-state index is 14.4. The van der Waals surface area contributed by atoms with E-state index in [0.29, 0.717) is 42.0 Å². The third-order valence-corrected chi connectivity index (χ3v) is 18.1. The van der Waals surface area contributed by atoms with Crippen molar-refractivity contribution >= 4 is 99.3 Å². The number of fused-ring (bicyclic) bond motifs is 1. The Balaban J connectivity index is 1.06. The highest BCUT2D eigenvalue weighted by Gasteiger charge is 2.37. The Labute approximate surface area is 653 Å². The number of hydrogen-bond acceptors (Lipinski definition) is 26. The Morgan fingerprint density at radius 3 is 1.96 bits per heavy atom. The molecule has 40 nitrogen and oxygen atoms in total. The number of aliphatic hydroxyl groups excluding tert-OH is 2. The molecule has 6 rings (SSSR count). The Morgan fingerprint density at radius 1 is 0.684 bits per heavy atom. The van der Waals surface area contributed by atoms with Gasteiger partial charge in [-0.15, -0.1) is 12.3 Å². The van der Waals surface area contributed by atoms with Gasteiger partial charge in [0.15, 0.2) is 28.5 Å². The van der Waals surface area contributed by atoms with Crippen LogP contribution in [-0.2, 0) is 88.1 Å². The fraction of sp³-hybridized carbons (Fsp3) is 0.473. The summed E-state index contributed by atoms with van der Waals surface area (Å²) < 4.78 is 4.95. The van der Waals surface area contributed by atoms with Crippen LogP contribution >= 0.6 is 0 Å². The van der Waals surface area contributed by atoms with Gasteiger partial charge < -0.3 is 88.9 Å². The van der Waals surface area contributed by atoms with Crippen molar-refractivity contribution < 1.29 is 82.4 Å². The number of esters is 1. The number of aromatic amines is 3. The molecule has 0 saturated carbocycles. The molecule has 4 heterocycles. The number of carbonyl (C=O) groups is 13. The molecule has 40 heteroatoms. The van der Waals surface area contributed by atoms with Crippen LogP contribution in [0.15, 0.2) is 95.8 Å². The van der Waals surface area contributed by atoms with Crippen molar-refractivity contribution in [2.75, 3.05) is 51.4 Å². The zero-order chi connectivity index (χ0) is 83.2. The molecule has 11 atom stereocenters. The lowest BCUT2D eigenvalue weighted by molar-refractivity contribution is -0.146. The molecule has 0 aliphatic rings. The molecule has 0 saturated heterocycles. The molecule has 8 amide bonds. The first-order valence-electron chi connectivity index (χ1n) is 36.6. The highest BCUT2D eigenvalue weighted by Crippen LogP contribution is 2.21. The number of Topliss-reactive ketones (excluding diaryl/α,β-unsaturated/α-hetero) is 3. The van der Waals surface area contributed by atoms with Crippen LogP contribution in [0.25, 0.3) is 21.6 Å². The molecule has 114 heavy (non-hydrogen) atoms. The van der Waals surface area contributed by atoms with Crippen molar-refractivity contribution in [1.29, 1.82) is 0 Å². The number of aliphatic carboxylic acids is 1. The quantitative estimate of drug-likeness (QED) is 0.00425. The lowest BCUT2D eigenvalue weighted by Crippen LogP contribution is -2.59. The van der Waals surface area contributed by atoms with Gasteiger partial charge in [-0.3, -0.25) is 67.3 Å². The molecular weight excluding hydrogens is 1480 g/mol. The van der Waals surface area contributed by atoms with Crippen LogP contribution in [0, 0.1) is 30.1 Å². The molecule has 0 unspecified atom stereocenters. The number of aliphatic hydroxyl groups is 2. The molecule has 6 aromatic rings. The third kappa shape index (κ3) is 29.8. The van der Waals surface area contributed by atoms with Crippen molar-refractivity contribution in [3.05, 3.63) is 135 Å². The minimum atomic E-state index is -1.83. The normalized spacial score (nSPS) is 13.9. The number of anilines is 2. The van der Waals surface area contributed by atoms with Gasteiger partial charge in [-0.2, -0.15) is 4.98 Å².